The summed E-state index contributed by atoms with van der Waals surface area (Å²) in [6.45, 7) is 8.47. The van der Waals surface area contributed by atoms with Crippen LogP contribution in [0.5, 0.6) is 0 Å². The van der Waals surface area contributed by atoms with Gasteiger partial charge in [0.1, 0.15) is 0 Å². The number of likely N-dealkylation sites (N-methyl/N-ethyl adjacent to an activating group) is 1. The van der Waals surface area contributed by atoms with Crippen LogP contribution in [-0.2, 0) is 0 Å². The van der Waals surface area contributed by atoms with Gasteiger partial charge in [0.15, 0.2) is 0 Å². The number of nitrogens with two attached hydrogens (primary N) is 1. The second kappa shape index (κ2) is 7.46. The molecule has 0 bridgehead atoms. The molecule has 0 atom stereocenters. The molecular weight excluding hydrogens is 222 g/mol. The highest BCUT2D eigenvalue weighted by Crippen LogP contribution is 2.22. The van der Waals surface area contributed by atoms with Gasteiger partial charge in [0.25, 0.3) is 0 Å². The Hall–Kier alpha value is -0.120. The lowest BCUT2D eigenvalue weighted by molar-refractivity contribution is 0.127. The molecule has 2 aliphatic rings. The van der Waals surface area contributed by atoms with Crippen molar-refractivity contribution in [1.29, 1.82) is 0 Å². The molecular formula is C15H31N3. The van der Waals surface area contributed by atoms with Gasteiger partial charge in [-0.1, -0.05) is 26.2 Å². The molecule has 2 N–H and O–H groups in total. The Morgan fingerprint density at radius 3 is 2.33 bits per heavy atom. The highest BCUT2D eigenvalue weighted by Gasteiger charge is 2.21. The number of piperidine rings is 1. The molecule has 3 heteroatoms. The maximum atomic E-state index is 5.96. The van der Waals surface area contributed by atoms with Crippen LogP contribution < -0.4 is 5.73 Å². The lowest BCUT2D eigenvalue weighted by Crippen LogP contribution is -2.45. The van der Waals surface area contributed by atoms with Crippen LogP contribution in [0.1, 0.15) is 51.9 Å². The van der Waals surface area contributed by atoms with Crippen LogP contribution in [0.25, 0.3) is 0 Å². The molecule has 0 spiro atoms. The van der Waals surface area contributed by atoms with Crippen molar-refractivity contribution < 1.29 is 0 Å². The van der Waals surface area contributed by atoms with Crippen molar-refractivity contribution in [2.24, 2.45) is 5.73 Å². The van der Waals surface area contributed by atoms with Gasteiger partial charge in [0.05, 0.1) is 0 Å². The molecule has 2 rings (SSSR count). The molecule has 3 nitrogen and oxygen atoms in total. The number of hydrogen-bond donors (Lipinski definition) is 1. The van der Waals surface area contributed by atoms with E-state index in [9.17, 15) is 0 Å². The molecule has 18 heavy (non-hydrogen) atoms. The lowest BCUT2D eigenvalue weighted by atomic mass is 9.94. The van der Waals surface area contributed by atoms with Crippen molar-refractivity contribution in [3.8, 4) is 0 Å². The van der Waals surface area contributed by atoms with Crippen molar-refractivity contribution in [3.05, 3.63) is 0 Å². The molecule has 0 aromatic heterocycles. The molecule has 2 fully saturated rings. The van der Waals surface area contributed by atoms with E-state index in [0.717, 1.165) is 6.04 Å². The van der Waals surface area contributed by atoms with Gasteiger partial charge >= 0.3 is 0 Å². The maximum Gasteiger partial charge on any atom is 0.0112 e. The van der Waals surface area contributed by atoms with Crippen LogP contribution in [0.2, 0.25) is 0 Å². The minimum absolute atomic E-state index is 0.460. The molecule has 0 radical (unpaired) electrons. The first-order chi connectivity index (χ1) is 8.79. The summed E-state index contributed by atoms with van der Waals surface area (Å²) in [5.41, 5.74) is 5.96. The summed E-state index contributed by atoms with van der Waals surface area (Å²) < 4.78 is 0. The van der Waals surface area contributed by atoms with Gasteiger partial charge in [0, 0.05) is 25.2 Å². The monoisotopic (exact) mass is 253 g/mol. The first-order valence-corrected chi connectivity index (χ1v) is 8.01. The van der Waals surface area contributed by atoms with Gasteiger partial charge in [-0.3, -0.25) is 4.90 Å². The standard InChI is InChI=1S/C15H31N3/c1-2-18(15-6-4-3-5-7-15)13-12-17-10-8-14(16)9-11-17/h14-15H,2-13,16H2,1H3. The predicted octanol–water partition coefficient (Wildman–Crippen LogP) is 2.06. The normalized spacial score (nSPS) is 24.8. The third-order valence-corrected chi connectivity index (χ3v) is 4.83. The molecule has 0 amide bonds. The second-order valence-corrected chi connectivity index (χ2v) is 6.10. The Morgan fingerprint density at radius 2 is 1.72 bits per heavy atom. The largest absolute Gasteiger partial charge is 0.328 e. The van der Waals surface area contributed by atoms with Gasteiger partial charge in [-0.05, 0) is 45.3 Å². The molecule has 106 valence electrons. The van der Waals surface area contributed by atoms with Gasteiger partial charge in [-0.25, -0.2) is 0 Å². The van der Waals surface area contributed by atoms with E-state index in [1.54, 1.807) is 0 Å². The van der Waals surface area contributed by atoms with E-state index < -0.39 is 0 Å². The average Bonchev–Trinajstić information content (AvgIpc) is 2.43. The van der Waals surface area contributed by atoms with Crippen molar-refractivity contribution >= 4 is 0 Å². The van der Waals surface area contributed by atoms with Crippen molar-refractivity contribution in [2.75, 3.05) is 32.7 Å². The summed E-state index contributed by atoms with van der Waals surface area (Å²) in [5, 5.41) is 0. The highest BCUT2D eigenvalue weighted by molar-refractivity contribution is 4.78. The molecule has 1 saturated carbocycles. The molecule has 1 heterocycles. The molecule has 0 aromatic rings. The Balaban J connectivity index is 1.69. The fourth-order valence-electron chi connectivity index (χ4n) is 3.49. The van der Waals surface area contributed by atoms with Gasteiger partial charge in [-0.15, -0.1) is 0 Å². The van der Waals surface area contributed by atoms with Crippen LogP contribution in [0.15, 0.2) is 0 Å². The summed E-state index contributed by atoms with van der Waals surface area (Å²) in [5.74, 6) is 0. The molecule has 0 aromatic carbocycles. The number of hydrogen-bond acceptors (Lipinski definition) is 3. The summed E-state index contributed by atoms with van der Waals surface area (Å²) in [6.07, 6.45) is 9.58. The first kappa shape index (κ1) is 14.3. The van der Waals surface area contributed by atoms with E-state index in [1.807, 2.05) is 0 Å². The topological polar surface area (TPSA) is 32.5 Å². The van der Waals surface area contributed by atoms with E-state index >= 15 is 0 Å². The average molecular weight is 253 g/mol. The van der Waals surface area contributed by atoms with Crippen LogP contribution in [0.3, 0.4) is 0 Å². The number of nitrogens with zero attached hydrogens (tertiary/aromatic N) is 2. The molecule has 0 unspecified atom stereocenters. The summed E-state index contributed by atoms with van der Waals surface area (Å²) in [6, 6.07) is 1.33. The quantitative estimate of drug-likeness (QED) is 0.814. The Bertz CT molecular complexity index is 218. The molecule has 1 saturated heterocycles. The van der Waals surface area contributed by atoms with Crippen molar-refractivity contribution in [3.63, 3.8) is 0 Å². The van der Waals surface area contributed by atoms with E-state index in [2.05, 4.69) is 16.7 Å². The van der Waals surface area contributed by atoms with Crippen molar-refractivity contribution in [1.82, 2.24) is 9.80 Å². The summed E-state index contributed by atoms with van der Waals surface area (Å²) in [4.78, 5) is 5.32. The van der Waals surface area contributed by atoms with E-state index in [1.165, 1.54) is 77.7 Å². The smallest absolute Gasteiger partial charge is 0.0112 e. The zero-order valence-corrected chi connectivity index (χ0v) is 12.1. The summed E-state index contributed by atoms with van der Waals surface area (Å²) >= 11 is 0. The summed E-state index contributed by atoms with van der Waals surface area (Å²) in [7, 11) is 0. The highest BCUT2D eigenvalue weighted by atomic mass is 15.2. The Kier molecular flexibility index (Phi) is 5.93. The third-order valence-electron chi connectivity index (χ3n) is 4.83. The maximum absolute atomic E-state index is 5.96. The van der Waals surface area contributed by atoms with Crippen molar-refractivity contribution in [2.45, 2.75) is 64.0 Å². The van der Waals surface area contributed by atoms with Gasteiger partial charge in [-0.2, -0.15) is 0 Å². The first-order valence-electron chi connectivity index (χ1n) is 8.01. The van der Waals surface area contributed by atoms with Gasteiger partial charge < -0.3 is 10.6 Å². The predicted molar refractivity (Wildman–Crippen MR) is 77.8 cm³/mol. The lowest BCUT2D eigenvalue weighted by Gasteiger charge is -2.36. The van der Waals surface area contributed by atoms with Crippen LogP contribution >= 0.6 is 0 Å². The second-order valence-electron chi connectivity index (χ2n) is 6.10. The zero-order valence-electron chi connectivity index (χ0n) is 12.1. The minimum Gasteiger partial charge on any atom is -0.328 e. The third kappa shape index (κ3) is 4.22. The van der Waals surface area contributed by atoms with Gasteiger partial charge in [0.2, 0.25) is 0 Å². The minimum atomic E-state index is 0.460. The fraction of sp³-hybridized carbons (Fsp3) is 1.00. The Morgan fingerprint density at radius 1 is 1.06 bits per heavy atom. The zero-order chi connectivity index (χ0) is 12.8. The van der Waals surface area contributed by atoms with Crippen LogP contribution in [0, 0.1) is 0 Å². The van der Waals surface area contributed by atoms with E-state index in [0.29, 0.717) is 6.04 Å². The van der Waals surface area contributed by atoms with Crippen LogP contribution in [0.4, 0.5) is 0 Å². The van der Waals surface area contributed by atoms with E-state index in [-0.39, 0.29) is 0 Å². The molecule has 1 aliphatic carbocycles. The van der Waals surface area contributed by atoms with E-state index in [4.69, 9.17) is 5.73 Å². The number of rotatable bonds is 5. The molecule has 1 aliphatic heterocycles. The fourth-order valence-corrected chi connectivity index (χ4v) is 3.49. The SMILES string of the molecule is CCN(CCN1CCC(N)CC1)C1CCCCC1. The van der Waals surface area contributed by atoms with Crippen LogP contribution in [-0.4, -0.2) is 54.6 Å². The Labute approximate surface area is 113 Å². The number of likely N-dealkylation sites (tertiary alicyclic amines) is 1.